The molecule has 0 aliphatic carbocycles. The number of carbonyl (C=O) groups is 2. The van der Waals surface area contributed by atoms with E-state index in [2.05, 4.69) is 5.32 Å². The van der Waals surface area contributed by atoms with Gasteiger partial charge in [-0.3, -0.25) is 4.79 Å². The summed E-state index contributed by atoms with van der Waals surface area (Å²) in [5, 5.41) is 3.01. The number of esters is 1. The van der Waals surface area contributed by atoms with Gasteiger partial charge in [0.1, 0.15) is 11.4 Å². The van der Waals surface area contributed by atoms with Crippen LogP contribution in [0.25, 0.3) is 0 Å². The van der Waals surface area contributed by atoms with E-state index < -0.39 is 18.0 Å². The zero-order valence-corrected chi connectivity index (χ0v) is 13.8. The van der Waals surface area contributed by atoms with Crippen molar-refractivity contribution in [3.63, 3.8) is 0 Å². The number of ether oxygens (including phenoxy) is 2. The molecule has 0 aliphatic rings. The summed E-state index contributed by atoms with van der Waals surface area (Å²) >= 11 is 6.00. The van der Waals surface area contributed by atoms with Crippen molar-refractivity contribution in [2.45, 2.75) is 13.0 Å². The second-order valence-electron chi connectivity index (χ2n) is 4.89. The van der Waals surface area contributed by atoms with Crippen LogP contribution in [0, 0.1) is 0 Å². The van der Waals surface area contributed by atoms with Crippen molar-refractivity contribution in [2.24, 2.45) is 7.05 Å². The normalized spacial score (nSPS) is 11.7. The Kier molecular flexibility index (Phi) is 5.28. The molecule has 6 nitrogen and oxygen atoms in total. The van der Waals surface area contributed by atoms with Crippen molar-refractivity contribution in [1.29, 1.82) is 0 Å². The van der Waals surface area contributed by atoms with E-state index in [0.29, 0.717) is 22.2 Å². The minimum absolute atomic E-state index is 0.372. The van der Waals surface area contributed by atoms with Gasteiger partial charge in [-0.25, -0.2) is 4.79 Å². The molecule has 0 saturated carbocycles. The number of nitrogens with zero attached hydrogens (tertiary/aromatic N) is 1. The van der Waals surface area contributed by atoms with Crippen LogP contribution in [-0.2, 0) is 16.6 Å². The van der Waals surface area contributed by atoms with Crippen molar-refractivity contribution in [1.82, 2.24) is 4.57 Å². The topological polar surface area (TPSA) is 69.6 Å². The monoisotopic (exact) mass is 336 g/mol. The molecule has 23 heavy (non-hydrogen) atoms. The molecule has 1 N–H and O–H groups in total. The lowest BCUT2D eigenvalue weighted by molar-refractivity contribution is -0.123. The van der Waals surface area contributed by atoms with E-state index in [0.717, 1.165) is 0 Å². The van der Waals surface area contributed by atoms with Gasteiger partial charge in [-0.05, 0) is 37.3 Å². The smallest absolute Gasteiger partial charge is 0.355 e. The average Bonchev–Trinajstić information content (AvgIpc) is 2.93. The molecule has 0 aliphatic heterocycles. The molecule has 2 aromatic rings. The van der Waals surface area contributed by atoms with Crippen LogP contribution in [0.1, 0.15) is 17.4 Å². The maximum atomic E-state index is 12.1. The van der Waals surface area contributed by atoms with Gasteiger partial charge >= 0.3 is 5.97 Å². The highest BCUT2D eigenvalue weighted by atomic mass is 35.5. The number of rotatable bonds is 5. The van der Waals surface area contributed by atoms with E-state index in [4.69, 9.17) is 21.1 Å². The molecular formula is C16H17ClN2O4. The number of aromatic nitrogens is 1. The Hall–Kier alpha value is -2.47. The first-order chi connectivity index (χ1) is 10.9. The Morgan fingerprint density at radius 3 is 2.61 bits per heavy atom. The average molecular weight is 337 g/mol. The molecule has 0 radical (unpaired) electrons. The van der Waals surface area contributed by atoms with Crippen LogP contribution in [0.4, 0.5) is 5.69 Å². The predicted molar refractivity (Wildman–Crippen MR) is 86.9 cm³/mol. The SMILES string of the molecule is COc1ccc(NC(=O)[C@H](C)OC(=O)c2cccn2C)cc1Cl. The number of hydrogen-bond donors (Lipinski definition) is 1. The third kappa shape index (κ3) is 4.04. The Morgan fingerprint density at radius 1 is 1.30 bits per heavy atom. The van der Waals surface area contributed by atoms with E-state index in [-0.39, 0.29) is 0 Å². The van der Waals surface area contributed by atoms with Crippen LogP contribution in [0.2, 0.25) is 5.02 Å². The first-order valence-electron chi connectivity index (χ1n) is 6.89. The number of carbonyl (C=O) groups excluding carboxylic acids is 2. The molecule has 122 valence electrons. The standard InChI is InChI=1S/C16H17ClN2O4/c1-10(23-16(21)13-5-4-8-19(13)2)15(20)18-11-6-7-14(22-3)12(17)9-11/h4-10H,1-3H3,(H,18,20)/t10-/m0/s1. The summed E-state index contributed by atoms with van der Waals surface area (Å²) in [4.78, 5) is 24.1. The van der Waals surface area contributed by atoms with E-state index in [1.54, 1.807) is 48.1 Å². The minimum Gasteiger partial charge on any atom is -0.495 e. The van der Waals surface area contributed by atoms with Crippen LogP contribution in [-0.4, -0.2) is 29.7 Å². The highest BCUT2D eigenvalue weighted by Crippen LogP contribution is 2.27. The molecule has 0 spiro atoms. The summed E-state index contributed by atoms with van der Waals surface area (Å²) in [6, 6.07) is 8.19. The molecule has 1 aromatic heterocycles. The lowest BCUT2D eigenvalue weighted by atomic mass is 10.2. The number of nitrogens with one attached hydrogen (secondary N) is 1. The second kappa shape index (κ2) is 7.19. The van der Waals surface area contributed by atoms with Gasteiger partial charge in [-0.2, -0.15) is 0 Å². The molecule has 2 rings (SSSR count). The Labute approximate surface area is 139 Å². The summed E-state index contributed by atoms with van der Waals surface area (Å²) in [6.07, 6.45) is 0.777. The third-order valence-corrected chi connectivity index (χ3v) is 3.52. The van der Waals surface area contributed by atoms with Crippen LogP contribution in [0.3, 0.4) is 0 Å². The van der Waals surface area contributed by atoms with Gasteiger partial charge in [0.25, 0.3) is 5.91 Å². The number of aryl methyl sites for hydroxylation is 1. The van der Waals surface area contributed by atoms with Gasteiger partial charge in [0.05, 0.1) is 12.1 Å². The highest BCUT2D eigenvalue weighted by Gasteiger charge is 2.20. The summed E-state index contributed by atoms with van der Waals surface area (Å²) in [5.41, 5.74) is 0.861. The van der Waals surface area contributed by atoms with E-state index in [1.807, 2.05) is 0 Å². The van der Waals surface area contributed by atoms with Crippen LogP contribution >= 0.6 is 11.6 Å². The zero-order chi connectivity index (χ0) is 17.0. The number of amides is 1. The van der Waals surface area contributed by atoms with Crippen LogP contribution in [0.5, 0.6) is 5.75 Å². The van der Waals surface area contributed by atoms with Crippen molar-refractivity contribution < 1.29 is 19.1 Å². The first kappa shape index (κ1) is 16.9. The van der Waals surface area contributed by atoms with Crippen LogP contribution in [0.15, 0.2) is 36.5 Å². The first-order valence-corrected chi connectivity index (χ1v) is 7.27. The van der Waals surface area contributed by atoms with E-state index in [9.17, 15) is 9.59 Å². The van der Waals surface area contributed by atoms with Crippen molar-refractivity contribution in [3.8, 4) is 5.75 Å². The van der Waals surface area contributed by atoms with E-state index >= 15 is 0 Å². The molecular weight excluding hydrogens is 320 g/mol. The minimum atomic E-state index is -0.946. The number of methoxy groups -OCH3 is 1. The Morgan fingerprint density at radius 2 is 2.04 bits per heavy atom. The number of anilines is 1. The maximum Gasteiger partial charge on any atom is 0.355 e. The summed E-state index contributed by atoms with van der Waals surface area (Å²) < 4.78 is 11.8. The van der Waals surface area contributed by atoms with Gasteiger partial charge < -0.3 is 19.4 Å². The number of hydrogen-bond acceptors (Lipinski definition) is 4. The second-order valence-corrected chi connectivity index (χ2v) is 5.30. The summed E-state index contributed by atoms with van der Waals surface area (Å²) in [6.45, 7) is 1.50. The Balaban J connectivity index is 1.99. The van der Waals surface area contributed by atoms with Gasteiger partial charge in [0, 0.05) is 18.9 Å². The molecule has 1 heterocycles. The number of benzene rings is 1. The molecule has 0 bridgehead atoms. The molecule has 0 unspecified atom stereocenters. The predicted octanol–water partition coefficient (Wildman–Crippen LogP) is 2.87. The van der Waals surface area contributed by atoms with E-state index in [1.165, 1.54) is 14.0 Å². The fourth-order valence-corrected chi connectivity index (χ4v) is 2.19. The van der Waals surface area contributed by atoms with Gasteiger partial charge in [-0.1, -0.05) is 11.6 Å². The van der Waals surface area contributed by atoms with Gasteiger partial charge in [0.2, 0.25) is 0 Å². The molecule has 1 atom stereocenters. The quantitative estimate of drug-likeness (QED) is 0.852. The fourth-order valence-electron chi connectivity index (χ4n) is 1.94. The van der Waals surface area contributed by atoms with Gasteiger partial charge in [0.15, 0.2) is 6.10 Å². The summed E-state index contributed by atoms with van der Waals surface area (Å²) in [7, 11) is 3.23. The fraction of sp³-hybridized carbons (Fsp3) is 0.250. The molecule has 7 heteroatoms. The van der Waals surface area contributed by atoms with Crippen molar-refractivity contribution in [3.05, 3.63) is 47.2 Å². The summed E-state index contributed by atoms with van der Waals surface area (Å²) in [5.74, 6) is -0.505. The zero-order valence-electron chi connectivity index (χ0n) is 13.0. The third-order valence-electron chi connectivity index (χ3n) is 3.23. The Bertz CT molecular complexity index is 727. The largest absolute Gasteiger partial charge is 0.495 e. The maximum absolute atomic E-state index is 12.1. The van der Waals surface area contributed by atoms with Crippen molar-refractivity contribution in [2.75, 3.05) is 12.4 Å². The lowest BCUT2D eigenvalue weighted by Crippen LogP contribution is -2.30. The molecule has 1 aromatic carbocycles. The molecule has 0 fully saturated rings. The van der Waals surface area contributed by atoms with Crippen LogP contribution < -0.4 is 10.1 Å². The van der Waals surface area contributed by atoms with Crippen molar-refractivity contribution >= 4 is 29.2 Å². The van der Waals surface area contributed by atoms with Gasteiger partial charge in [-0.15, -0.1) is 0 Å². The number of halogens is 1. The highest BCUT2D eigenvalue weighted by molar-refractivity contribution is 6.32. The molecule has 0 saturated heterocycles. The lowest BCUT2D eigenvalue weighted by Gasteiger charge is -2.14. The molecule has 1 amide bonds.